The molecule has 0 aliphatic heterocycles. The van der Waals surface area contributed by atoms with Crippen LogP contribution >= 0.6 is 7.82 Å². The van der Waals surface area contributed by atoms with Crippen LogP contribution in [0.4, 0.5) is 0 Å². The van der Waals surface area contributed by atoms with Crippen molar-refractivity contribution in [3.8, 4) is 0 Å². The lowest BCUT2D eigenvalue weighted by atomic mass is 10.2. The summed E-state index contributed by atoms with van der Waals surface area (Å²) >= 11 is 0. The lowest BCUT2D eigenvalue weighted by Gasteiger charge is -2.38. The summed E-state index contributed by atoms with van der Waals surface area (Å²) in [5.41, 5.74) is 0. The van der Waals surface area contributed by atoms with Crippen molar-refractivity contribution < 1.29 is 23.4 Å². The molecule has 0 radical (unpaired) electrons. The molecular formula is C13H31NO4P+. The molecule has 0 spiro atoms. The topological polar surface area (TPSA) is 66.8 Å². The molecule has 0 rings (SSSR count). The normalized spacial score (nSPS) is 12.9. The van der Waals surface area contributed by atoms with Crippen molar-refractivity contribution in [1.82, 2.24) is 0 Å². The number of hydrogen-bond donors (Lipinski definition) is 2. The van der Waals surface area contributed by atoms with Gasteiger partial charge in [-0.1, -0.05) is 20.8 Å². The van der Waals surface area contributed by atoms with Crippen LogP contribution in [-0.4, -0.2) is 47.1 Å². The molecule has 5 nitrogen and oxygen atoms in total. The molecule has 0 aromatic carbocycles. The van der Waals surface area contributed by atoms with Gasteiger partial charge in [-0.25, -0.2) is 4.57 Å². The minimum atomic E-state index is -4.29. The van der Waals surface area contributed by atoms with Crippen LogP contribution in [0.1, 0.15) is 52.9 Å². The van der Waals surface area contributed by atoms with Crippen molar-refractivity contribution in [3.63, 3.8) is 0 Å². The van der Waals surface area contributed by atoms with Gasteiger partial charge in [0.05, 0.1) is 32.8 Å². The predicted octanol–water partition coefficient (Wildman–Crippen LogP) is 2.92. The maximum atomic E-state index is 10.6. The Labute approximate surface area is 117 Å². The van der Waals surface area contributed by atoms with E-state index in [0.29, 0.717) is 6.42 Å². The highest BCUT2D eigenvalue weighted by atomic mass is 31.2. The van der Waals surface area contributed by atoms with Crippen LogP contribution in [0.2, 0.25) is 0 Å². The van der Waals surface area contributed by atoms with Crippen molar-refractivity contribution in [2.75, 3.05) is 32.8 Å². The molecule has 0 bridgehead atoms. The zero-order valence-electron chi connectivity index (χ0n) is 12.7. The van der Waals surface area contributed by atoms with Crippen molar-refractivity contribution in [3.05, 3.63) is 0 Å². The number of phosphoric acid groups is 1. The molecule has 0 heterocycles. The zero-order valence-corrected chi connectivity index (χ0v) is 13.6. The molecule has 0 saturated heterocycles. The molecule has 19 heavy (non-hydrogen) atoms. The van der Waals surface area contributed by atoms with E-state index in [1.807, 2.05) is 0 Å². The van der Waals surface area contributed by atoms with Gasteiger partial charge in [0.1, 0.15) is 0 Å². The molecule has 0 aromatic rings. The number of nitrogens with zero attached hydrogens (tertiary/aromatic N) is 1. The quantitative estimate of drug-likeness (QED) is 0.330. The van der Waals surface area contributed by atoms with E-state index in [-0.39, 0.29) is 6.61 Å². The molecule has 2 N–H and O–H groups in total. The second kappa shape index (κ2) is 9.89. The van der Waals surface area contributed by atoms with Gasteiger partial charge in [-0.2, -0.15) is 0 Å². The van der Waals surface area contributed by atoms with E-state index in [2.05, 4.69) is 25.3 Å². The van der Waals surface area contributed by atoms with Gasteiger partial charge in [-0.3, -0.25) is 4.52 Å². The fourth-order valence-corrected chi connectivity index (χ4v) is 3.19. The first-order valence-electron chi connectivity index (χ1n) is 7.44. The summed E-state index contributed by atoms with van der Waals surface area (Å²) in [6.45, 7) is 11.5. The van der Waals surface area contributed by atoms with Gasteiger partial charge in [0.25, 0.3) is 0 Å². The summed E-state index contributed by atoms with van der Waals surface area (Å²) in [6, 6.07) is 0. The maximum absolute atomic E-state index is 10.6. The number of unbranched alkanes of at least 4 members (excludes halogenated alkanes) is 1. The average Bonchev–Trinajstić information content (AvgIpc) is 2.28. The van der Waals surface area contributed by atoms with Crippen LogP contribution in [0, 0.1) is 0 Å². The minimum absolute atomic E-state index is 0.147. The Hall–Kier alpha value is 0.0700. The summed E-state index contributed by atoms with van der Waals surface area (Å²) in [4.78, 5) is 17.2. The van der Waals surface area contributed by atoms with E-state index in [0.717, 1.165) is 17.4 Å². The molecule has 6 heteroatoms. The molecule has 0 aromatic heterocycles. The van der Waals surface area contributed by atoms with Crippen molar-refractivity contribution in [1.29, 1.82) is 0 Å². The molecule has 0 aliphatic carbocycles. The summed E-state index contributed by atoms with van der Waals surface area (Å²) in [6.07, 6.45) is 5.21. The van der Waals surface area contributed by atoms with Crippen molar-refractivity contribution >= 4 is 7.82 Å². The number of rotatable bonds is 12. The molecular weight excluding hydrogens is 265 g/mol. The molecule has 0 atom stereocenters. The lowest BCUT2D eigenvalue weighted by molar-refractivity contribution is -0.928. The minimum Gasteiger partial charge on any atom is -0.324 e. The summed E-state index contributed by atoms with van der Waals surface area (Å²) in [5.74, 6) is 0. The van der Waals surface area contributed by atoms with Gasteiger partial charge in [0.15, 0.2) is 0 Å². The Morgan fingerprint density at radius 3 is 1.74 bits per heavy atom. The van der Waals surface area contributed by atoms with Gasteiger partial charge in [-0.15, -0.1) is 0 Å². The number of hydrogen-bond acceptors (Lipinski definition) is 2. The van der Waals surface area contributed by atoms with Crippen molar-refractivity contribution in [2.24, 2.45) is 0 Å². The van der Waals surface area contributed by atoms with Crippen LogP contribution in [0.3, 0.4) is 0 Å². The summed E-state index contributed by atoms with van der Waals surface area (Å²) in [7, 11) is -4.29. The third-order valence-electron chi connectivity index (χ3n) is 3.38. The maximum Gasteiger partial charge on any atom is 0.469 e. The van der Waals surface area contributed by atoms with Gasteiger partial charge in [0, 0.05) is 0 Å². The highest BCUT2D eigenvalue weighted by molar-refractivity contribution is 7.46. The van der Waals surface area contributed by atoms with Crippen LogP contribution in [0.25, 0.3) is 0 Å². The van der Waals surface area contributed by atoms with E-state index in [1.54, 1.807) is 0 Å². The van der Waals surface area contributed by atoms with E-state index < -0.39 is 7.82 Å². The third-order valence-corrected chi connectivity index (χ3v) is 3.90. The molecule has 0 aliphatic rings. The monoisotopic (exact) mass is 296 g/mol. The fraction of sp³-hybridized carbons (Fsp3) is 1.00. The highest BCUT2D eigenvalue weighted by Gasteiger charge is 2.24. The number of quaternary nitrogens is 1. The zero-order chi connectivity index (χ0) is 14.8. The van der Waals surface area contributed by atoms with Gasteiger partial charge in [-0.05, 0) is 32.1 Å². The Balaban J connectivity index is 4.13. The van der Waals surface area contributed by atoms with Crippen molar-refractivity contribution in [2.45, 2.75) is 52.9 Å². The van der Waals surface area contributed by atoms with Gasteiger partial charge >= 0.3 is 7.82 Å². The van der Waals surface area contributed by atoms with Crippen LogP contribution < -0.4 is 0 Å². The first-order chi connectivity index (χ1) is 8.89. The Morgan fingerprint density at radius 2 is 1.37 bits per heavy atom. The molecule has 0 fully saturated rings. The smallest absolute Gasteiger partial charge is 0.324 e. The summed E-state index contributed by atoms with van der Waals surface area (Å²) in [5, 5.41) is 0. The number of phosphoric ester groups is 1. The Bertz CT molecular complexity index is 250. The Morgan fingerprint density at radius 1 is 0.895 bits per heavy atom. The SMILES string of the molecule is CCC[N+](CCC)(CCC)CCCCOP(=O)(O)O. The van der Waals surface area contributed by atoms with E-state index >= 15 is 0 Å². The van der Waals surface area contributed by atoms with Gasteiger partial charge < -0.3 is 14.3 Å². The van der Waals surface area contributed by atoms with Crippen LogP contribution in [0.5, 0.6) is 0 Å². The van der Waals surface area contributed by atoms with Gasteiger partial charge in [0.2, 0.25) is 0 Å². The van der Waals surface area contributed by atoms with E-state index in [1.165, 1.54) is 38.9 Å². The first-order valence-corrected chi connectivity index (χ1v) is 8.97. The first kappa shape index (κ1) is 19.1. The fourth-order valence-electron chi connectivity index (χ4n) is 2.83. The highest BCUT2D eigenvalue weighted by Crippen LogP contribution is 2.35. The summed E-state index contributed by atoms with van der Waals surface area (Å²) < 4.78 is 16.2. The predicted molar refractivity (Wildman–Crippen MR) is 77.8 cm³/mol. The lowest BCUT2D eigenvalue weighted by Crippen LogP contribution is -2.50. The largest absolute Gasteiger partial charge is 0.469 e. The molecule has 116 valence electrons. The molecule has 0 amide bonds. The molecule has 0 saturated carbocycles. The van der Waals surface area contributed by atoms with E-state index in [4.69, 9.17) is 9.79 Å². The molecule has 0 unspecified atom stereocenters. The Kier molecular flexibility index (Phi) is 9.93. The second-order valence-electron chi connectivity index (χ2n) is 5.27. The second-order valence-corrected chi connectivity index (χ2v) is 6.51. The standard InChI is InChI=1S/C13H30NO4P/c1-4-9-14(10-5-2,11-6-3)12-7-8-13-18-19(15,16)17/h4-13H2,1-3H3,(H-,15,16,17)/p+1. The third kappa shape index (κ3) is 9.58. The van der Waals surface area contributed by atoms with Crippen LogP contribution in [0.15, 0.2) is 0 Å². The average molecular weight is 296 g/mol. The van der Waals surface area contributed by atoms with Crippen LogP contribution in [-0.2, 0) is 9.09 Å². The van der Waals surface area contributed by atoms with E-state index in [9.17, 15) is 4.57 Å².